The second-order valence-electron chi connectivity index (χ2n) is 2.51. The fourth-order valence-corrected chi connectivity index (χ4v) is 0.973. The summed E-state index contributed by atoms with van der Waals surface area (Å²) >= 11 is 0. The molecule has 11 heavy (non-hydrogen) atoms. The molecule has 1 heterocycles. The normalized spacial score (nSPS) is 10.8. The van der Waals surface area contributed by atoms with Gasteiger partial charge in [0, 0.05) is 30.2 Å². The lowest BCUT2D eigenvalue weighted by atomic mass is 10.2. The molecule has 0 fully saturated rings. The SMILES string of the molecule is CN=Cc1ccc(C)nc1C. The van der Waals surface area contributed by atoms with Crippen LogP contribution >= 0.6 is 0 Å². The highest BCUT2D eigenvalue weighted by Crippen LogP contribution is 2.02. The number of nitrogens with zero attached hydrogens (tertiary/aromatic N) is 2. The zero-order chi connectivity index (χ0) is 8.27. The average Bonchev–Trinajstić information content (AvgIpc) is 1.95. The van der Waals surface area contributed by atoms with E-state index in [1.165, 1.54) is 0 Å². The topological polar surface area (TPSA) is 25.2 Å². The Labute approximate surface area is 67.0 Å². The van der Waals surface area contributed by atoms with Gasteiger partial charge in [-0.05, 0) is 26.0 Å². The van der Waals surface area contributed by atoms with Crippen LogP contribution in [-0.2, 0) is 0 Å². The third-order valence-electron chi connectivity index (χ3n) is 1.53. The summed E-state index contributed by atoms with van der Waals surface area (Å²) in [6, 6.07) is 4.02. The first-order valence-electron chi connectivity index (χ1n) is 3.60. The molecule has 0 saturated heterocycles. The maximum absolute atomic E-state index is 4.30. The number of rotatable bonds is 1. The van der Waals surface area contributed by atoms with E-state index in [-0.39, 0.29) is 0 Å². The van der Waals surface area contributed by atoms with E-state index < -0.39 is 0 Å². The fraction of sp³-hybridized carbons (Fsp3) is 0.333. The van der Waals surface area contributed by atoms with Gasteiger partial charge in [0.05, 0.1) is 0 Å². The van der Waals surface area contributed by atoms with E-state index in [1.54, 1.807) is 7.05 Å². The number of pyridine rings is 1. The Morgan fingerprint density at radius 2 is 2.09 bits per heavy atom. The predicted molar refractivity (Wildman–Crippen MR) is 47.2 cm³/mol. The Hall–Kier alpha value is -1.18. The van der Waals surface area contributed by atoms with Crippen molar-refractivity contribution >= 4 is 6.21 Å². The maximum atomic E-state index is 4.30. The van der Waals surface area contributed by atoms with Crippen molar-refractivity contribution in [2.24, 2.45) is 4.99 Å². The minimum atomic E-state index is 1.04. The van der Waals surface area contributed by atoms with Crippen LogP contribution < -0.4 is 0 Å². The third kappa shape index (κ3) is 1.87. The van der Waals surface area contributed by atoms with E-state index in [9.17, 15) is 0 Å². The molecule has 0 aliphatic heterocycles. The van der Waals surface area contributed by atoms with Crippen LogP contribution in [0.2, 0.25) is 0 Å². The summed E-state index contributed by atoms with van der Waals surface area (Å²) in [4.78, 5) is 8.23. The number of aromatic nitrogens is 1. The smallest absolute Gasteiger partial charge is 0.0463 e. The summed E-state index contributed by atoms with van der Waals surface area (Å²) in [5.74, 6) is 0. The molecule has 0 bridgehead atoms. The molecular formula is C9H12N2. The Morgan fingerprint density at radius 1 is 1.36 bits per heavy atom. The van der Waals surface area contributed by atoms with E-state index in [1.807, 2.05) is 32.2 Å². The second-order valence-corrected chi connectivity index (χ2v) is 2.51. The van der Waals surface area contributed by atoms with Gasteiger partial charge < -0.3 is 0 Å². The van der Waals surface area contributed by atoms with E-state index >= 15 is 0 Å². The minimum Gasteiger partial charge on any atom is -0.296 e. The van der Waals surface area contributed by atoms with E-state index in [2.05, 4.69) is 9.98 Å². The van der Waals surface area contributed by atoms with Crippen molar-refractivity contribution in [3.05, 3.63) is 29.1 Å². The van der Waals surface area contributed by atoms with Gasteiger partial charge in [0.15, 0.2) is 0 Å². The molecule has 0 aromatic carbocycles. The molecule has 0 atom stereocenters. The van der Waals surface area contributed by atoms with Gasteiger partial charge in [0.25, 0.3) is 0 Å². The highest BCUT2D eigenvalue weighted by molar-refractivity contribution is 5.80. The molecule has 0 radical (unpaired) electrons. The standard InChI is InChI=1S/C9H12N2/c1-7-4-5-9(6-10-3)8(2)11-7/h4-6H,1-3H3. The number of aliphatic imine (C=N–C) groups is 1. The van der Waals surface area contributed by atoms with Gasteiger partial charge in [-0.15, -0.1) is 0 Å². The summed E-state index contributed by atoms with van der Waals surface area (Å²) in [5.41, 5.74) is 3.18. The maximum Gasteiger partial charge on any atom is 0.0463 e. The zero-order valence-corrected chi connectivity index (χ0v) is 7.13. The van der Waals surface area contributed by atoms with Crippen LogP contribution in [0.15, 0.2) is 17.1 Å². The van der Waals surface area contributed by atoms with Crippen LogP contribution in [0.4, 0.5) is 0 Å². The van der Waals surface area contributed by atoms with Gasteiger partial charge >= 0.3 is 0 Å². The third-order valence-corrected chi connectivity index (χ3v) is 1.53. The van der Waals surface area contributed by atoms with Crippen molar-refractivity contribution in [1.82, 2.24) is 4.98 Å². The molecule has 0 amide bonds. The lowest BCUT2D eigenvalue weighted by Gasteiger charge is -1.98. The summed E-state index contributed by atoms with van der Waals surface area (Å²) in [6.45, 7) is 3.98. The molecule has 0 aliphatic rings. The number of aryl methyl sites for hydroxylation is 2. The zero-order valence-electron chi connectivity index (χ0n) is 7.13. The molecule has 0 unspecified atom stereocenters. The minimum absolute atomic E-state index is 1.04. The Bertz CT molecular complexity index is 277. The Morgan fingerprint density at radius 3 is 2.64 bits per heavy atom. The molecule has 58 valence electrons. The summed E-state index contributed by atoms with van der Waals surface area (Å²) in [7, 11) is 1.76. The van der Waals surface area contributed by atoms with Crippen LogP contribution in [0.5, 0.6) is 0 Å². The molecule has 2 nitrogen and oxygen atoms in total. The fourth-order valence-electron chi connectivity index (χ4n) is 0.973. The first-order valence-corrected chi connectivity index (χ1v) is 3.60. The lowest BCUT2D eigenvalue weighted by Crippen LogP contribution is -1.92. The van der Waals surface area contributed by atoms with Gasteiger partial charge in [-0.3, -0.25) is 9.98 Å². The predicted octanol–water partition coefficient (Wildman–Crippen LogP) is 1.75. The molecule has 0 aliphatic carbocycles. The van der Waals surface area contributed by atoms with E-state index in [4.69, 9.17) is 0 Å². The highest BCUT2D eigenvalue weighted by Gasteiger charge is 1.94. The summed E-state index contributed by atoms with van der Waals surface area (Å²) in [5, 5.41) is 0. The molecule has 1 rings (SSSR count). The van der Waals surface area contributed by atoms with Crippen LogP contribution in [0, 0.1) is 13.8 Å². The van der Waals surface area contributed by atoms with E-state index in [0.29, 0.717) is 0 Å². The van der Waals surface area contributed by atoms with Gasteiger partial charge in [-0.25, -0.2) is 0 Å². The monoisotopic (exact) mass is 148 g/mol. The molecular weight excluding hydrogens is 136 g/mol. The first-order chi connectivity index (χ1) is 5.24. The Kier molecular flexibility index (Phi) is 2.36. The van der Waals surface area contributed by atoms with Crippen molar-refractivity contribution < 1.29 is 0 Å². The first kappa shape index (κ1) is 7.92. The van der Waals surface area contributed by atoms with Gasteiger partial charge in [0.2, 0.25) is 0 Å². The van der Waals surface area contributed by atoms with Crippen LogP contribution in [0.3, 0.4) is 0 Å². The number of hydrogen-bond acceptors (Lipinski definition) is 2. The lowest BCUT2D eigenvalue weighted by molar-refractivity contribution is 1.12. The van der Waals surface area contributed by atoms with Crippen molar-refractivity contribution in [2.45, 2.75) is 13.8 Å². The largest absolute Gasteiger partial charge is 0.296 e. The number of hydrogen-bond donors (Lipinski definition) is 0. The second kappa shape index (κ2) is 3.28. The highest BCUT2D eigenvalue weighted by atomic mass is 14.7. The summed E-state index contributed by atoms with van der Waals surface area (Å²) in [6.07, 6.45) is 1.82. The molecule has 0 spiro atoms. The molecule has 0 N–H and O–H groups in total. The Balaban J connectivity index is 3.09. The van der Waals surface area contributed by atoms with Crippen molar-refractivity contribution in [2.75, 3.05) is 7.05 Å². The summed E-state index contributed by atoms with van der Waals surface area (Å²) < 4.78 is 0. The average molecular weight is 148 g/mol. The van der Waals surface area contributed by atoms with Crippen molar-refractivity contribution in [1.29, 1.82) is 0 Å². The van der Waals surface area contributed by atoms with Crippen LogP contribution in [0.1, 0.15) is 17.0 Å². The van der Waals surface area contributed by atoms with Crippen molar-refractivity contribution in [3.63, 3.8) is 0 Å². The van der Waals surface area contributed by atoms with Crippen LogP contribution in [-0.4, -0.2) is 18.2 Å². The molecule has 1 aromatic rings. The van der Waals surface area contributed by atoms with Gasteiger partial charge in [-0.1, -0.05) is 0 Å². The van der Waals surface area contributed by atoms with Gasteiger partial charge in [-0.2, -0.15) is 0 Å². The quantitative estimate of drug-likeness (QED) is 0.557. The van der Waals surface area contributed by atoms with Gasteiger partial charge in [0.1, 0.15) is 0 Å². The van der Waals surface area contributed by atoms with Crippen molar-refractivity contribution in [3.8, 4) is 0 Å². The van der Waals surface area contributed by atoms with E-state index in [0.717, 1.165) is 17.0 Å². The molecule has 2 heteroatoms. The molecule has 1 aromatic heterocycles. The van der Waals surface area contributed by atoms with Crippen LogP contribution in [0.25, 0.3) is 0 Å². The molecule has 0 saturated carbocycles.